The van der Waals surface area contributed by atoms with Crippen molar-refractivity contribution >= 4 is 11.8 Å². The van der Waals surface area contributed by atoms with Crippen molar-refractivity contribution in [1.29, 1.82) is 0 Å². The summed E-state index contributed by atoms with van der Waals surface area (Å²) < 4.78 is 5.51. The van der Waals surface area contributed by atoms with Gasteiger partial charge in [0.25, 0.3) is 5.91 Å². The van der Waals surface area contributed by atoms with Crippen molar-refractivity contribution in [1.82, 2.24) is 9.80 Å². The molecule has 1 unspecified atom stereocenters. The second-order valence-corrected chi connectivity index (χ2v) is 6.04. The summed E-state index contributed by atoms with van der Waals surface area (Å²) in [6.07, 6.45) is 0.352. The standard InChI is InChI=1S/C17H25N3O3/c1-13-3-5-15(6-4-13)23-12-17(22)20-9-7-19(8-10-20)16(21)11-14(2)18/h3-6,14H,7-12,18H2,1-2H3. The number of nitrogens with zero attached hydrogens (tertiary/aromatic N) is 2. The van der Waals surface area contributed by atoms with E-state index in [2.05, 4.69) is 0 Å². The van der Waals surface area contributed by atoms with Crippen LogP contribution in [0.1, 0.15) is 18.9 Å². The molecule has 0 bridgehead atoms. The van der Waals surface area contributed by atoms with Crippen LogP contribution in [0.3, 0.4) is 0 Å². The molecule has 6 nitrogen and oxygen atoms in total. The first kappa shape index (κ1) is 17.3. The number of carbonyl (C=O) groups is 2. The molecule has 1 aliphatic heterocycles. The lowest BCUT2D eigenvalue weighted by Gasteiger charge is -2.35. The van der Waals surface area contributed by atoms with E-state index in [0.29, 0.717) is 38.3 Å². The summed E-state index contributed by atoms with van der Waals surface area (Å²) >= 11 is 0. The first-order valence-corrected chi connectivity index (χ1v) is 7.96. The molecule has 1 heterocycles. The lowest BCUT2D eigenvalue weighted by molar-refractivity contribution is -0.140. The molecule has 0 aliphatic carbocycles. The van der Waals surface area contributed by atoms with Gasteiger partial charge in [0.05, 0.1) is 0 Å². The molecule has 1 saturated heterocycles. The minimum absolute atomic E-state index is 0.0246. The largest absolute Gasteiger partial charge is 0.484 e. The van der Waals surface area contributed by atoms with Gasteiger partial charge in [0.1, 0.15) is 5.75 Å². The molecule has 1 fully saturated rings. The number of nitrogens with two attached hydrogens (primary N) is 1. The van der Waals surface area contributed by atoms with Crippen molar-refractivity contribution in [3.8, 4) is 5.75 Å². The number of hydrogen-bond acceptors (Lipinski definition) is 4. The Morgan fingerprint density at radius 2 is 1.61 bits per heavy atom. The Hall–Kier alpha value is -2.08. The molecule has 2 rings (SSSR count). The predicted octanol–water partition coefficient (Wildman–Crippen LogP) is 0.782. The van der Waals surface area contributed by atoms with E-state index in [9.17, 15) is 9.59 Å². The van der Waals surface area contributed by atoms with Crippen LogP contribution in [0.5, 0.6) is 5.75 Å². The molecule has 1 aromatic carbocycles. The van der Waals surface area contributed by atoms with Gasteiger partial charge < -0.3 is 20.3 Å². The molecule has 23 heavy (non-hydrogen) atoms. The van der Waals surface area contributed by atoms with Gasteiger partial charge in [-0.05, 0) is 26.0 Å². The van der Waals surface area contributed by atoms with Gasteiger partial charge in [-0.25, -0.2) is 0 Å². The van der Waals surface area contributed by atoms with Gasteiger partial charge in [0.2, 0.25) is 5.91 Å². The Balaban J connectivity index is 1.75. The second kappa shape index (κ2) is 7.97. The topological polar surface area (TPSA) is 75.9 Å². The lowest BCUT2D eigenvalue weighted by Crippen LogP contribution is -2.52. The molecule has 0 saturated carbocycles. The van der Waals surface area contributed by atoms with Crippen molar-refractivity contribution in [2.75, 3.05) is 32.8 Å². The fourth-order valence-corrected chi connectivity index (χ4v) is 2.48. The van der Waals surface area contributed by atoms with E-state index in [-0.39, 0.29) is 24.5 Å². The number of ether oxygens (including phenoxy) is 1. The molecule has 1 atom stereocenters. The smallest absolute Gasteiger partial charge is 0.260 e. The third-order valence-corrected chi connectivity index (χ3v) is 3.86. The van der Waals surface area contributed by atoms with Crippen LogP contribution in [-0.4, -0.2) is 60.4 Å². The van der Waals surface area contributed by atoms with Crippen LogP contribution in [0.25, 0.3) is 0 Å². The van der Waals surface area contributed by atoms with E-state index >= 15 is 0 Å². The maximum Gasteiger partial charge on any atom is 0.260 e. The molecular formula is C17H25N3O3. The summed E-state index contributed by atoms with van der Waals surface area (Å²) in [6.45, 7) is 6.04. The van der Waals surface area contributed by atoms with Gasteiger partial charge >= 0.3 is 0 Å². The maximum absolute atomic E-state index is 12.2. The zero-order valence-corrected chi connectivity index (χ0v) is 13.8. The summed E-state index contributed by atoms with van der Waals surface area (Å²) in [6, 6.07) is 7.47. The van der Waals surface area contributed by atoms with Crippen molar-refractivity contribution < 1.29 is 14.3 Å². The van der Waals surface area contributed by atoms with E-state index in [0.717, 1.165) is 5.56 Å². The first-order chi connectivity index (χ1) is 11.0. The number of aryl methyl sites for hydroxylation is 1. The predicted molar refractivity (Wildman–Crippen MR) is 88.1 cm³/mol. The molecule has 0 spiro atoms. The molecule has 0 aromatic heterocycles. The number of hydrogen-bond donors (Lipinski definition) is 1. The molecule has 2 amide bonds. The molecule has 1 aliphatic rings. The highest BCUT2D eigenvalue weighted by Crippen LogP contribution is 2.12. The summed E-state index contributed by atoms with van der Waals surface area (Å²) in [5.74, 6) is 0.697. The zero-order chi connectivity index (χ0) is 16.8. The molecular weight excluding hydrogens is 294 g/mol. The SMILES string of the molecule is Cc1ccc(OCC(=O)N2CCN(C(=O)CC(C)N)CC2)cc1. The van der Waals surface area contributed by atoms with Crippen molar-refractivity contribution in [3.05, 3.63) is 29.8 Å². The number of benzene rings is 1. The monoisotopic (exact) mass is 319 g/mol. The molecule has 0 radical (unpaired) electrons. The third kappa shape index (κ3) is 5.25. The Bertz CT molecular complexity index is 535. The minimum atomic E-state index is -0.134. The summed E-state index contributed by atoms with van der Waals surface area (Å²) in [5, 5.41) is 0. The summed E-state index contributed by atoms with van der Waals surface area (Å²) in [5.41, 5.74) is 6.80. The number of amides is 2. The Kier molecular flexibility index (Phi) is 5.98. The molecule has 126 valence electrons. The Morgan fingerprint density at radius 1 is 1.09 bits per heavy atom. The lowest BCUT2D eigenvalue weighted by atomic mass is 10.2. The van der Waals surface area contributed by atoms with Gasteiger partial charge in [-0.1, -0.05) is 17.7 Å². The van der Waals surface area contributed by atoms with E-state index in [4.69, 9.17) is 10.5 Å². The molecule has 6 heteroatoms. The van der Waals surface area contributed by atoms with Gasteiger partial charge in [-0.2, -0.15) is 0 Å². The van der Waals surface area contributed by atoms with E-state index < -0.39 is 0 Å². The van der Waals surface area contributed by atoms with Crippen LogP contribution >= 0.6 is 0 Å². The van der Waals surface area contributed by atoms with E-state index in [1.165, 1.54) is 0 Å². The summed E-state index contributed by atoms with van der Waals surface area (Å²) in [7, 11) is 0. The van der Waals surface area contributed by atoms with Crippen molar-refractivity contribution in [3.63, 3.8) is 0 Å². The van der Waals surface area contributed by atoms with Crippen LogP contribution in [0.4, 0.5) is 0 Å². The van der Waals surface area contributed by atoms with E-state index in [1.54, 1.807) is 9.80 Å². The normalized spacial score (nSPS) is 16.1. The fraction of sp³-hybridized carbons (Fsp3) is 0.529. The number of rotatable bonds is 5. The average molecular weight is 319 g/mol. The third-order valence-electron chi connectivity index (χ3n) is 3.86. The van der Waals surface area contributed by atoms with Crippen molar-refractivity contribution in [2.45, 2.75) is 26.3 Å². The number of piperazine rings is 1. The quantitative estimate of drug-likeness (QED) is 0.870. The highest BCUT2D eigenvalue weighted by molar-refractivity contribution is 5.79. The second-order valence-electron chi connectivity index (χ2n) is 6.04. The van der Waals surface area contributed by atoms with Gasteiger partial charge in [0.15, 0.2) is 6.61 Å². The first-order valence-electron chi connectivity index (χ1n) is 7.96. The maximum atomic E-state index is 12.2. The van der Waals surface area contributed by atoms with Gasteiger partial charge in [-0.3, -0.25) is 9.59 Å². The van der Waals surface area contributed by atoms with Gasteiger partial charge in [0, 0.05) is 38.6 Å². The van der Waals surface area contributed by atoms with Crippen LogP contribution in [0.15, 0.2) is 24.3 Å². The van der Waals surface area contributed by atoms with Gasteiger partial charge in [-0.15, -0.1) is 0 Å². The molecule has 1 aromatic rings. The van der Waals surface area contributed by atoms with Crippen LogP contribution in [0, 0.1) is 6.92 Å². The van der Waals surface area contributed by atoms with Crippen LogP contribution < -0.4 is 10.5 Å². The van der Waals surface area contributed by atoms with E-state index in [1.807, 2.05) is 38.1 Å². The average Bonchev–Trinajstić information content (AvgIpc) is 2.53. The van der Waals surface area contributed by atoms with Crippen molar-refractivity contribution in [2.24, 2.45) is 5.73 Å². The highest BCUT2D eigenvalue weighted by Gasteiger charge is 2.24. The van der Waals surface area contributed by atoms with Crippen LogP contribution in [0.2, 0.25) is 0 Å². The highest BCUT2D eigenvalue weighted by atomic mass is 16.5. The molecule has 2 N–H and O–H groups in total. The summed E-state index contributed by atoms with van der Waals surface area (Å²) in [4.78, 5) is 27.6. The number of carbonyl (C=O) groups excluding carboxylic acids is 2. The zero-order valence-electron chi connectivity index (χ0n) is 13.8. The fourth-order valence-electron chi connectivity index (χ4n) is 2.48. The minimum Gasteiger partial charge on any atom is -0.484 e. The Labute approximate surface area is 137 Å². The Morgan fingerprint density at radius 3 is 2.13 bits per heavy atom. The van der Waals surface area contributed by atoms with Crippen LogP contribution in [-0.2, 0) is 9.59 Å².